The highest BCUT2D eigenvalue weighted by atomic mass is 35.5. The highest BCUT2D eigenvalue weighted by Crippen LogP contribution is 2.36. The SMILES string of the molecule is CCOc1c(Cl)cc(/C=C/C(=O)NNC(=O)c2cccc([N+](=O)[O-])c2)cc1OC. The maximum absolute atomic E-state index is 12.0. The second kappa shape index (κ2) is 10.1. The number of hydrazine groups is 1. The highest BCUT2D eigenvalue weighted by molar-refractivity contribution is 6.32. The summed E-state index contributed by atoms with van der Waals surface area (Å²) in [6.07, 6.45) is 2.65. The Hall–Kier alpha value is -3.59. The van der Waals surface area contributed by atoms with Crippen LogP contribution in [0.2, 0.25) is 5.02 Å². The van der Waals surface area contributed by atoms with Crippen LogP contribution in [0.3, 0.4) is 0 Å². The predicted octanol–water partition coefficient (Wildman–Crippen LogP) is 3.13. The molecule has 0 heterocycles. The molecule has 29 heavy (non-hydrogen) atoms. The minimum absolute atomic E-state index is 0.0338. The van der Waals surface area contributed by atoms with E-state index < -0.39 is 16.7 Å². The molecule has 0 aliphatic heterocycles. The van der Waals surface area contributed by atoms with Gasteiger partial charge in [0.2, 0.25) is 0 Å². The Bertz CT molecular complexity index is 961. The number of carbonyl (C=O) groups excluding carboxylic acids is 2. The number of benzene rings is 2. The molecule has 0 atom stereocenters. The van der Waals surface area contributed by atoms with Gasteiger partial charge in [-0.3, -0.25) is 30.6 Å². The quantitative estimate of drug-likeness (QED) is 0.404. The summed E-state index contributed by atoms with van der Waals surface area (Å²) in [4.78, 5) is 34.1. The maximum atomic E-state index is 12.0. The van der Waals surface area contributed by atoms with Gasteiger partial charge in [0.15, 0.2) is 11.5 Å². The van der Waals surface area contributed by atoms with Crippen molar-refractivity contribution in [3.05, 3.63) is 68.7 Å². The van der Waals surface area contributed by atoms with Gasteiger partial charge in [0, 0.05) is 23.8 Å². The molecular formula is C19H18ClN3O6. The second-order valence-electron chi connectivity index (χ2n) is 5.55. The Morgan fingerprint density at radius 2 is 2.00 bits per heavy atom. The normalized spacial score (nSPS) is 10.4. The van der Waals surface area contributed by atoms with E-state index in [9.17, 15) is 19.7 Å². The van der Waals surface area contributed by atoms with Gasteiger partial charge in [0.05, 0.1) is 23.7 Å². The van der Waals surface area contributed by atoms with Crippen LogP contribution in [0.15, 0.2) is 42.5 Å². The van der Waals surface area contributed by atoms with E-state index >= 15 is 0 Å². The van der Waals surface area contributed by atoms with Crippen LogP contribution in [-0.4, -0.2) is 30.5 Å². The number of rotatable bonds is 7. The number of hydrogen-bond acceptors (Lipinski definition) is 6. The van der Waals surface area contributed by atoms with Crippen molar-refractivity contribution in [1.82, 2.24) is 10.9 Å². The number of methoxy groups -OCH3 is 1. The van der Waals surface area contributed by atoms with E-state index in [1.54, 1.807) is 12.1 Å². The Morgan fingerprint density at radius 3 is 2.66 bits per heavy atom. The van der Waals surface area contributed by atoms with Crippen molar-refractivity contribution in [2.45, 2.75) is 6.92 Å². The van der Waals surface area contributed by atoms with Crippen molar-refractivity contribution in [2.24, 2.45) is 0 Å². The highest BCUT2D eigenvalue weighted by Gasteiger charge is 2.12. The van der Waals surface area contributed by atoms with Crippen molar-refractivity contribution >= 4 is 35.2 Å². The zero-order chi connectivity index (χ0) is 21.4. The number of ether oxygens (including phenoxy) is 2. The topological polar surface area (TPSA) is 120 Å². The molecule has 0 saturated carbocycles. The van der Waals surface area contributed by atoms with Crippen LogP contribution in [0, 0.1) is 10.1 Å². The van der Waals surface area contributed by atoms with E-state index in [0.717, 1.165) is 6.07 Å². The third kappa shape index (κ3) is 5.94. The van der Waals surface area contributed by atoms with Gasteiger partial charge in [0.25, 0.3) is 17.5 Å². The zero-order valence-corrected chi connectivity index (χ0v) is 16.4. The summed E-state index contributed by atoms with van der Waals surface area (Å²) >= 11 is 6.17. The van der Waals surface area contributed by atoms with Crippen LogP contribution < -0.4 is 20.3 Å². The van der Waals surface area contributed by atoms with Crippen molar-refractivity contribution in [1.29, 1.82) is 0 Å². The summed E-state index contributed by atoms with van der Waals surface area (Å²) in [6.45, 7) is 2.23. The lowest BCUT2D eigenvalue weighted by Crippen LogP contribution is -2.40. The molecule has 2 aromatic rings. The minimum Gasteiger partial charge on any atom is -0.493 e. The number of nitro groups is 1. The van der Waals surface area contributed by atoms with Gasteiger partial charge < -0.3 is 9.47 Å². The van der Waals surface area contributed by atoms with Crippen LogP contribution >= 0.6 is 11.6 Å². The van der Waals surface area contributed by atoms with Gasteiger partial charge in [-0.05, 0) is 36.8 Å². The van der Waals surface area contributed by atoms with Crippen LogP contribution in [0.5, 0.6) is 11.5 Å². The molecule has 9 nitrogen and oxygen atoms in total. The average Bonchev–Trinajstić information content (AvgIpc) is 2.72. The number of nitrogens with one attached hydrogen (secondary N) is 2. The van der Waals surface area contributed by atoms with Gasteiger partial charge in [-0.2, -0.15) is 0 Å². The number of carbonyl (C=O) groups is 2. The van der Waals surface area contributed by atoms with Crippen LogP contribution in [0.1, 0.15) is 22.8 Å². The van der Waals surface area contributed by atoms with Crippen molar-refractivity contribution in [2.75, 3.05) is 13.7 Å². The first kappa shape index (κ1) is 21.7. The lowest BCUT2D eigenvalue weighted by Gasteiger charge is -2.11. The van der Waals surface area contributed by atoms with Crippen molar-refractivity contribution in [3.8, 4) is 11.5 Å². The van der Waals surface area contributed by atoms with Crippen LogP contribution in [0.25, 0.3) is 6.08 Å². The lowest BCUT2D eigenvalue weighted by molar-refractivity contribution is -0.384. The van der Waals surface area contributed by atoms with E-state index in [-0.39, 0.29) is 11.3 Å². The summed E-state index contributed by atoms with van der Waals surface area (Å²) in [5, 5.41) is 11.1. The predicted molar refractivity (Wildman–Crippen MR) is 107 cm³/mol. The summed E-state index contributed by atoms with van der Waals surface area (Å²) in [7, 11) is 1.47. The Balaban J connectivity index is 2.01. The number of amides is 2. The molecule has 0 bridgehead atoms. The standard InChI is InChI=1S/C19H18ClN3O6/c1-3-29-18-15(20)9-12(10-16(18)28-2)7-8-17(24)21-22-19(25)13-5-4-6-14(11-13)23(26)27/h4-11H,3H2,1-2H3,(H,21,24)(H,22,25)/b8-7+. The monoisotopic (exact) mass is 419 g/mol. The first-order chi connectivity index (χ1) is 13.8. The van der Waals surface area contributed by atoms with E-state index in [0.29, 0.717) is 28.7 Å². The molecule has 0 aliphatic rings. The largest absolute Gasteiger partial charge is 0.493 e. The number of halogens is 1. The smallest absolute Gasteiger partial charge is 0.270 e. The van der Waals surface area contributed by atoms with E-state index in [1.807, 2.05) is 6.92 Å². The first-order valence-electron chi connectivity index (χ1n) is 8.39. The van der Waals surface area contributed by atoms with E-state index in [2.05, 4.69) is 10.9 Å². The number of non-ortho nitro benzene ring substituents is 1. The molecule has 2 aromatic carbocycles. The number of hydrogen-bond donors (Lipinski definition) is 2. The van der Waals surface area contributed by atoms with Crippen molar-refractivity contribution < 1.29 is 24.0 Å². The molecule has 0 aliphatic carbocycles. The van der Waals surface area contributed by atoms with Crippen LogP contribution in [0.4, 0.5) is 5.69 Å². The Labute approximate surface area is 171 Å². The van der Waals surface area contributed by atoms with E-state index in [4.69, 9.17) is 21.1 Å². The summed E-state index contributed by atoms with van der Waals surface area (Å²) in [5.41, 5.74) is 4.75. The van der Waals surface area contributed by atoms with Gasteiger partial charge in [-0.15, -0.1) is 0 Å². The zero-order valence-electron chi connectivity index (χ0n) is 15.6. The number of nitrogens with zero attached hydrogens (tertiary/aromatic N) is 1. The molecular weight excluding hydrogens is 402 g/mol. The summed E-state index contributed by atoms with van der Waals surface area (Å²) in [6, 6.07) is 8.36. The van der Waals surface area contributed by atoms with Gasteiger partial charge in [0.1, 0.15) is 0 Å². The summed E-state index contributed by atoms with van der Waals surface area (Å²) in [5.74, 6) is -0.491. The molecule has 152 valence electrons. The summed E-state index contributed by atoms with van der Waals surface area (Å²) < 4.78 is 10.7. The fraction of sp³-hybridized carbons (Fsp3) is 0.158. The first-order valence-corrected chi connectivity index (χ1v) is 8.76. The van der Waals surface area contributed by atoms with Crippen molar-refractivity contribution in [3.63, 3.8) is 0 Å². The minimum atomic E-state index is -0.693. The molecule has 0 saturated heterocycles. The molecule has 0 fully saturated rings. The van der Waals surface area contributed by atoms with E-state index in [1.165, 1.54) is 37.5 Å². The molecule has 0 aromatic heterocycles. The fourth-order valence-electron chi connectivity index (χ4n) is 2.29. The maximum Gasteiger partial charge on any atom is 0.270 e. The molecule has 2 N–H and O–H groups in total. The Kier molecular flexibility index (Phi) is 7.55. The average molecular weight is 420 g/mol. The van der Waals surface area contributed by atoms with Gasteiger partial charge in [-0.25, -0.2) is 0 Å². The fourth-order valence-corrected chi connectivity index (χ4v) is 2.56. The number of nitro benzene ring substituents is 1. The van der Waals surface area contributed by atoms with Gasteiger partial charge in [-0.1, -0.05) is 17.7 Å². The molecule has 2 rings (SSSR count). The molecule has 10 heteroatoms. The van der Waals surface area contributed by atoms with Gasteiger partial charge >= 0.3 is 0 Å². The second-order valence-corrected chi connectivity index (χ2v) is 5.96. The lowest BCUT2D eigenvalue weighted by atomic mass is 10.2. The molecule has 0 spiro atoms. The Morgan fingerprint density at radius 1 is 1.24 bits per heavy atom. The third-order valence-corrected chi connectivity index (χ3v) is 3.87. The third-order valence-electron chi connectivity index (χ3n) is 3.59. The molecule has 0 radical (unpaired) electrons. The molecule has 0 unspecified atom stereocenters. The van der Waals surface area contributed by atoms with Crippen LogP contribution in [-0.2, 0) is 4.79 Å². The molecule has 2 amide bonds.